The van der Waals surface area contributed by atoms with E-state index in [9.17, 15) is 4.79 Å². The minimum absolute atomic E-state index is 0.242. The molecule has 1 aromatic rings. The number of piperidine rings is 1. The first kappa shape index (κ1) is 15.4. The molecule has 1 amide bonds. The molecule has 1 aliphatic rings. The number of thiazole rings is 1. The number of likely N-dealkylation sites (tertiary alicyclic amines) is 1. The molecule has 2 heterocycles. The molecule has 0 spiro atoms. The number of hydrogen-bond acceptors (Lipinski definition) is 4. The topological polar surface area (TPSA) is 59.2 Å². The van der Waals surface area contributed by atoms with Crippen molar-refractivity contribution in [3.63, 3.8) is 0 Å². The molecule has 2 rings (SSSR count). The zero-order chi connectivity index (χ0) is 14.6. The van der Waals surface area contributed by atoms with Gasteiger partial charge in [0.25, 0.3) is 0 Å². The molecule has 4 nitrogen and oxygen atoms in total. The van der Waals surface area contributed by atoms with Crippen LogP contribution in [0.25, 0.3) is 0 Å². The van der Waals surface area contributed by atoms with Crippen LogP contribution >= 0.6 is 11.3 Å². The maximum absolute atomic E-state index is 12.9. The van der Waals surface area contributed by atoms with Gasteiger partial charge in [0, 0.05) is 37.1 Å². The molecule has 0 saturated carbocycles. The molecular formula is C15H25N3OS. The van der Waals surface area contributed by atoms with Gasteiger partial charge in [0.2, 0.25) is 5.91 Å². The fraction of sp³-hybridized carbons (Fsp3) is 0.733. The van der Waals surface area contributed by atoms with Crippen LogP contribution in [0.2, 0.25) is 0 Å². The summed E-state index contributed by atoms with van der Waals surface area (Å²) in [6.45, 7) is 6.24. The quantitative estimate of drug-likeness (QED) is 0.908. The van der Waals surface area contributed by atoms with Crippen LogP contribution in [0.15, 0.2) is 11.6 Å². The molecule has 0 bridgehead atoms. The molecule has 2 N–H and O–H groups in total. The van der Waals surface area contributed by atoms with Crippen molar-refractivity contribution in [1.29, 1.82) is 0 Å². The predicted octanol–water partition coefficient (Wildman–Crippen LogP) is 2.61. The van der Waals surface area contributed by atoms with Crippen molar-refractivity contribution in [2.75, 3.05) is 19.6 Å². The van der Waals surface area contributed by atoms with E-state index in [1.807, 2.05) is 16.5 Å². The van der Waals surface area contributed by atoms with Gasteiger partial charge in [-0.2, -0.15) is 0 Å². The fourth-order valence-electron chi connectivity index (χ4n) is 3.06. The van der Waals surface area contributed by atoms with Crippen molar-refractivity contribution in [3.05, 3.63) is 16.6 Å². The van der Waals surface area contributed by atoms with Crippen molar-refractivity contribution in [2.24, 2.45) is 11.1 Å². The Morgan fingerprint density at radius 2 is 2.30 bits per heavy atom. The van der Waals surface area contributed by atoms with E-state index >= 15 is 0 Å². The Bertz CT molecular complexity index is 420. The Balaban J connectivity index is 2.10. The van der Waals surface area contributed by atoms with Crippen molar-refractivity contribution in [1.82, 2.24) is 9.88 Å². The summed E-state index contributed by atoms with van der Waals surface area (Å²) in [5, 5.41) is 3.17. The maximum atomic E-state index is 12.9. The zero-order valence-corrected chi connectivity index (χ0v) is 13.3. The van der Waals surface area contributed by atoms with Gasteiger partial charge in [-0.15, -0.1) is 11.3 Å². The van der Waals surface area contributed by atoms with Crippen LogP contribution in [-0.2, 0) is 4.79 Å². The summed E-state index contributed by atoms with van der Waals surface area (Å²) in [5.41, 5.74) is 5.54. The highest BCUT2D eigenvalue weighted by Crippen LogP contribution is 2.33. The summed E-state index contributed by atoms with van der Waals surface area (Å²) in [7, 11) is 0. The Hall–Kier alpha value is -0.940. The molecular weight excluding hydrogens is 270 g/mol. The Morgan fingerprint density at radius 1 is 1.55 bits per heavy atom. The van der Waals surface area contributed by atoms with Crippen LogP contribution in [0.4, 0.5) is 0 Å². The molecule has 5 heteroatoms. The van der Waals surface area contributed by atoms with E-state index in [2.05, 4.69) is 18.8 Å². The van der Waals surface area contributed by atoms with E-state index in [1.165, 1.54) is 0 Å². The first-order valence-electron chi connectivity index (χ1n) is 7.55. The van der Waals surface area contributed by atoms with Gasteiger partial charge in [0.1, 0.15) is 0 Å². The maximum Gasteiger partial charge on any atom is 0.230 e. The van der Waals surface area contributed by atoms with Gasteiger partial charge < -0.3 is 10.6 Å². The van der Waals surface area contributed by atoms with E-state index in [0.29, 0.717) is 12.5 Å². The van der Waals surface area contributed by atoms with Gasteiger partial charge in [0.05, 0.1) is 10.4 Å². The molecule has 1 aliphatic heterocycles. The highest BCUT2D eigenvalue weighted by Gasteiger charge is 2.38. The van der Waals surface area contributed by atoms with Crippen LogP contribution in [0.3, 0.4) is 0 Å². The number of rotatable bonds is 5. The lowest BCUT2D eigenvalue weighted by Crippen LogP contribution is -2.50. The van der Waals surface area contributed by atoms with E-state index in [1.54, 1.807) is 11.3 Å². The highest BCUT2D eigenvalue weighted by molar-refractivity contribution is 7.09. The lowest BCUT2D eigenvalue weighted by Gasteiger charge is -2.39. The lowest BCUT2D eigenvalue weighted by atomic mass is 9.80. The molecule has 0 aliphatic carbocycles. The van der Waals surface area contributed by atoms with Crippen LogP contribution in [-0.4, -0.2) is 35.4 Å². The highest BCUT2D eigenvalue weighted by atomic mass is 32.1. The van der Waals surface area contributed by atoms with E-state index in [0.717, 1.165) is 43.8 Å². The molecule has 112 valence electrons. The van der Waals surface area contributed by atoms with E-state index in [4.69, 9.17) is 5.73 Å². The third-order valence-electron chi connectivity index (χ3n) is 4.71. The number of nitrogens with two attached hydrogens (primary N) is 1. The molecule has 1 aromatic heterocycles. The zero-order valence-electron chi connectivity index (χ0n) is 12.5. The van der Waals surface area contributed by atoms with Crippen LogP contribution in [0, 0.1) is 5.41 Å². The second-order valence-electron chi connectivity index (χ2n) is 5.65. The van der Waals surface area contributed by atoms with E-state index < -0.39 is 0 Å². The summed E-state index contributed by atoms with van der Waals surface area (Å²) in [4.78, 5) is 19.3. The first-order valence-corrected chi connectivity index (χ1v) is 8.43. The molecule has 1 atom stereocenters. The first-order chi connectivity index (χ1) is 9.66. The van der Waals surface area contributed by atoms with Gasteiger partial charge in [-0.3, -0.25) is 4.79 Å². The summed E-state index contributed by atoms with van der Waals surface area (Å²) in [6.07, 6.45) is 5.67. The lowest BCUT2D eigenvalue weighted by molar-refractivity contribution is -0.143. The van der Waals surface area contributed by atoms with Crippen LogP contribution < -0.4 is 5.73 Å². The molecule has 0 radical (unpaired) electrons. The summed E-state index contributed by atoms with van der Waals surface area (Å²) in [5.74, 6) is 0.642. The average Bonchev–Trinajstić information content (AvgIpc) is 3.04. The summed E-state index contributed by atoms with van der Waals surface area (Å²) < 4.78 is 0. The average molecular weight is 295 g/mol. The van der Waals surface area contributed by atoms with Crippen molar-refractivity contribution in [2.45, 2.75) is 45.4 Å². The van der Waals surface area contributed by atoms with Crippen LogP contribution in [0.5, 0.6) is 0 Å². The number of hydrogen-bond donors (Lipinski definition) is 1. The fourth-order valence-corrected chi connectivity index (χ4v) is 3.83. The SMILES string of the molecule is CCC(CC)(CN)C(=O)N1CCCC(c2nccs2)C1. The third kappa shape index (κ3) is 2.88. The van der Waals surface area contributed by atoms with E-state index in [-0.39, 0.29) is 11.3 Å². The normalized spacial score (nSPS) is 20.1. The molecule has 1 saturated heterocycles. The number of carbonyl (C=O) groups excluding carboxylic acids is 1. The monoisotopic (exact) mass is 295 g/mol. The Labute approximate surface area is 125 Å². The largest absolute Gasteiger partial charge is 0.341 e. The second kappa shape index (κ2) is 6.68. The van der Waals surface area contributed by atoms with Gasteiger partial charge in [-0.1, -0.05) is 13.8 Å². The summed E-state index contributed by atoms with van der Waals surface area (Å²) >= 11 is 1.69. The minimum Gasteiger partial charge on any atom is -0.341 e. The molecule has 20 heavy (non-hydrogen) atoms. The van der Waals surface area contributed by atoms with Gasteiger partial charge in [0.15, 0.2) is 0 Å². The Morgan fingerprint density at radius 3 is 2.85 bits per heavy atom. The number of aromatic nitrogens is 1. The molecule has 1 unspecified atom stereocenters. The second-order valence-corrected chi connectivity index (χ2v) is 6.58. The molecule has 0 aromatic carbocycles. The summed E-state index contributed by atoms with van der Waals surface area (Å²) in [6, 6.07) is 0. The Kier molecular flexibility index (Phi) is 5.16. The number of carbonyl (C=O) groups is 1. The number of nitrogens with zero attached hydrogens (tertiary/aromatic N) is 2. The minimum atomic E-state index is -0.370. The van der Waals surface area contributed by atoms with Crippen molar-refractivity contribution < 1.29 is 4.79 Å². The van der Waals surface area contributed by atoms with Gasteiger partial charge in [-0.05, 0) is 25.7 Å². The van der Waals surface area contributed by atoms with Crippen LogP contribution in [0.1, 0.15) is 50.5 Å². The van der Waals surface area contributed by atoms with Gasteiger partial charge >= 0.3 is 0 Å². The predicted molar refractivity (Wildman–Crippen MR) is 82.7 cm³/mol. The molecule has 1 fully saturated rings. The smallest absolute Gasteiger partial charge is 0.230 e. The third-order valence-corrected chi connectivity index (χ3v) is 5.65. The van der Waals surface area contributed by atoms with Crippen molar-refractivity contribution in [3.8, 4) is 0 Å². The number of amides is 1. The van der Waals surface area contributed by atoms with Crippen molar-refractivity contribution >= 4 is 17.2 Å². The van der Waals surface area contributed by atoms with Gasteiger partial charge in [-0.25, -0.2) is 4.98 Å². The standard InChI is InChI=1S/C15H25N3OS/c1-3-15(4-2,11-16)14(19)18-8-5-6-12(10-18)13-17-7-9-20-13/h7,9,12H,3-6,8,10-11,16H2,1-2H3.